The van der Waals surface area contributed by atoms with E-state index >= 15 is 0 Å². The van der Waals surface area contributed by atoms with Crippen LogP contribution in [0.2, 0.25) is 0 Å². The largest absolute Gasteiger partial charge is 0.398 e. The van der Waals surface area contributed by atoms with Crippen LogP contribution in [0.1, 0.15) is 43.9 Å². The van der Waals surface area contributed by atoms with E-state index in [9.17, 15) is 0 Å². The van der Waals surface area contributed by atoms with Crippen LogP contribution in [0.5, 0.6) is 0 Å². The summed E-state index contributed by atoms with van der Waals surface area (Å²) in [5.41, 5.74) is 11.4. The molecule has 0 bridgehead atoms. The van der Waals surface area contributed by atoms with Gasteiger partial charge in [0.25, 0.3) is 0 Å². The molecule has 154 valence electrons. The first-order valence-electron chi connectivity index (χ1n) is 10.0. The van der Waals surface area contributed by atoms with Gasteiger partial charge in [0.1, 0.15) is 5.37 Å². The van der Waals surface area contributed by atoms with Gasteiger partial charge >= 0.3 is 0 Å². The van der Waals surface area contributed by atoms with Crippen LogP contribution in [-0.4, -0.2) is 40.1 Å². The number of aromatic nitrogens is 1. The minimum atomic E-state index is -0.240. The van der Waals surface area contributed by atoms with Crippen molar-refractivity contribution in [3.63, 3.8) is 0 Å². The Morgan fingerprint density at radius 2 is 2.07 bits per heavy atom. The number of rotatable bonds is 7. The van der Waals surface area contributed by atoms with E-state index in [1.54, 1.807) is 18.0 Å². The highest BCUT2D eigenvalue weighted by molar-refractivity contribution is 8.09. The second-order valence-corrected chi connectivity index (χ2v) is 9.09. The molecular formula is C23H31N5S. The monoisotopic (exact) mass is 409 g/mol. The molecule has 1 atom stereocenters. The van der Waals surface area contributed by atoms with Gasteiger partial charge in [-0.1, -0.05) is 43.0 Å². The summed E-state index contributed by atoms with van der Waals surface area (Å²) in [6.45, 7) is 9.50. The summed E-state index contributed by atoms with van der Waals surface area (Å²) in [5.74, 6) is 0. The molecule has 0 spiro atoms. The van der Waals surface area contributed by atoms with E-state index in [0.29, 0.717) is 11.4 Å². The third kappa shape index (κ3) is 4.19. The Labute approximate surface area is 178 Å². The highest BCUT2D eigenvalue weighted by atomic mass is 32.2. The molecular weight excluding hydrogens is 378 g/mol. The molecule has 2 heterocycles. The van der Waals surface area contributed by atoms with E-state index in [0.717, 1.165) is 34.6 Å². The number of nitrogens with two attached hydrogens (primary N) is 1. The van der Waals surface area contributed by atoms with Crippen LogP contribution in [0.3, 0.4) is 0 Å². The third-order valence-electron chi connectivity index (χ3n) is 5.34. The van der Waals surface area contributed by atoms with Crippen molar-refractivity contribution in [2.75, 3.05) is 19.3 Å². The first-order chi connectivity index (χ1) is 13.8. The van der Waals surface area contributed by atoms with Gasteiger partial charge in [-0.2, -0.15) is 0 Å². The summed E-state index contributed by atoms with van der Waals surface area (Å²) in [6, 6.07) is 9.95. The van der Waals surface area contributed by atoms with E-state index in [2.05, 4.69) is 49.1 Å². The molecule has 2 aromatic rings. The van der Waals surface area contributed by atoms with E-state index in [1.807, 2.05) is 37.4 Å². The minimum absolute atomic E-state index is 0.146. The molecule has 0 radical (unpaired) electrons. The molecule has 0 aliphatic carbocycles. The molecule has 1 aromatic carbocycles. The predicted molar refractivity (Wildman–Crippen MR) is 125 cm³/mol. The number of nitrogens with one attached hydrogen (secondary N) is 2. The molecule has 1 aliphatic rings. The lowest BCUT2D eigenvalue weighted by molar-refractivity contribution is 0.332. The fourth-order valence-electron chi connectivity index (χ4n) is 3.77. The van der Waals surface area contributed by atoms with Crippen LogP contribution in [0, 0.1) is 12.3 Å². The molecule has 3 rings (SSSR count). The Bertz CT molecular complexity index is 920. The third-order valence-corrected chi connectivity index (χ3v) is 6.78. The summed E-state index contributed by atoms with van der Waals surface area (Å²) in [6.07, 6.45) is 4.76. The van der Waals surface area contributed by atoms with Crippen LogP contribution < -0.4 is 11.1 Å². The molecule has 0 saturated carbocycles. The van der Waals surface area contributed by atoms with Gasteiger partial charge in [0.15, 0.2) is 0 Å². The van der Waals surface area contributed by atoms with Crippen LogP contribution in [0.15, 0.2) is 48.4 Å². The van der Waals surface area contributed by atoms with Gasteiger partial charge in [0, 0.05) is 46.9 Å². The average molecular weight is 410 g/mol. The van der Waals surface area contributed by atoms with Crippen molar-refractivity contribution >= 4 is 28.1 Å². The van der Waals surface area contributed by atoms with Crippen LogP contribution in [-0.2, 0) is 0 Å². The van der Waals surface area contributed by atoms with Gasteiger partial charge in [-0.3, -0.25) is 4.98 Å². The molecule has 4 N–H and O–H groups in total. The van der Waals surface area contributed by atoms with Gasteiger partial charge in [-0.05, 0) is 45.4 Å². The smallest absolute Gasteiger partial charge is 0.122 e. The molecule has 1 aliphatic heterocycles. The maximum atomic E-state index is 8.97. The first-order valence-corrected chi connectivity index (χ1v) is 10.9. The first kappa shape index (κ1) is 21.4. The number of hydrogen-bond donors (Lipinski definition) is 3. The van der Waals surface area contributed by atoms with Gasteiger partial charge in [0.05, 0.1) is 11.3 Å². The Morgan fingerprint density at radius 3 is 2.72 bits per heavy atom. The number of benzene rings is 1. The summed E-state index contributed by atoms with van der Waals surface area (Å²) in [5, 5.41) is 12.5. The zero-order valence-corrected chi connectivity index (χ0v) is 18.7. The lowest BCUT2D eigenvalue weighted by Gasteiger charge is -2.36. The van der Waals surface area contributed by atoms with Gasteiger partial charge in [-0.25, -0.2) is 0 Å². The van der Waals surface area contributed by atoms with Crippen molar-refractivity contribution in [1.29, 1.82) is 5.41 Å². The SMILES string of the molecule is CCCNC(C)(C)C1=C(c2cccnc2)SC(C(=N)c2cccc(C)c2N)N1C. The quantitative estimate of drug-likeness (QED) is 0.464. The predicted octanol–water partition coefficient (Wildman–Crippen LogP) is 4.49. The highest BCUT2D eigenvalue weighted by Gasteiger charge is 2.41. The van der Waals surface area contributed by atoms with E-state index in [4.69, 9.17) is 11.1 Å². The van der Waals surface area contributed by atoms with Crippen molar-refractivity contribution in [2.45, 2.75) is 45.0 Å². The molecule has 0 amide bonds. The zero-order valence-electron chi connectivity index (χ0n) is 17.9. The Hall–Kier alpha value is -2.31. The molecule has 1 aromatic heterocycles. The number of thioether (sulfide) groups is 1. The molecule has 5 nitrogen and oxygen atoms in total. The Balaban J connectivity index is 2.03. The van der Waals surface area contributed by atoms with Gasteiger partial charge in [0.2, 0.25) is 0 Å². The Morgan fingerprint density at radius 1 is 1.31 bits per heavy atom. The standard InChI is InChI=1S/C23H31N5S/c1-6-12-27-23(3,4)21-20(16-10-8-13-26-14-16)29-22(28(21)5)19(25)17-11-7-9-15(2)18(17)24/h7-11,13-14,22,25,27H,6,12,24H2,1-5H3. The van der Waals surface area contributed by atoms with E-state index in [-0.39, 0.29) is 10.9 Å². The molecule has 1 unspecified atom stereocenters. The summed E-state index contributed by atoms with van der Waals surface area (Å²) < 4.78 is 0. The fraction of sp³-hybridized carbons (Fsp3) is 0.391. The highest BCUT2D eigenvalue weighted by Crippen LogP contribution is 2.48. The fourth-order valence-corrected chi connectivity index (χ4v) is 5.27. The summed E-state index contributed by atoms with van der Waals surface area (Å²) in [7, 11) is 2.08. The number of likely N-dealkylation sites (N-methyl/N-ethyl adjacent to an activating group) is 1. The average Bonchev–Trinajstić information content (AvgIpc) is 3.07. The van der Waals surface area contributed by atoms with Crippen LogP contribution in [0.4, 0.5) is 5.69 Å². The second kappa shape index (κ2) is 8.59. The summed E-state index contributed by atoms with van der Waals surface area (Å²) in [4.78, 5) is 7.71. The number of anilines is 1. The van der Waals surface area contributed by atoms with Crippen molar-refractivity contribution < 1.29 is 0 Å². The van der Waals surface area contributed by atoms with Gasteiger partial charge in [-0.15, -0.1) is 0 Å². The zero-order chi connectivity index (χ0) is 21.2. The van der Waals surface area contributed by atoms with Gasteiger partial charge < -0.3 is 21.4 Å². The van der Waals surface area contributed by atoms with Crippen molar-refractivity contribution in [2.24, 2.45) is 0 Å². The maximum absolute atomic E-state index is 8.97. The molecule has 6 heteroatoms. The van der Waals surface area contributed by atoms with E-state index < -0.39 is 0 Å². The molecule has 0 saturated heterocycles. The second-order valence-electron chi connectivity index (χ2n) is 8.00. The number of nitrogen functional groups attached to an aromatic ring is 1. The topological polar surface area (TPSA) is 78.0 Å². The lowest BCUT2D eigenvalue weighted by atomic mass is 9.96. The lowest BCUT2D eigenvalue weighted by Crippen LogP contribution is -2.47. The van der Waals surface area contributed by atoms with E-state index in [1.165, 1.54) is 5.70 Å². The van der Waals surface area contributed by atoms with Crippen molar-refractivity contribution in [3.05, 3.63) is 65.1 Å². The molecule has 29 heavy (non-hydrogen) atoms. The number of pyridine rings is 1. The Kier molecular flexibility index (Phi) is 6.34. The van der Waals surface area contributed by atoms with Crippen molar-refractivity contribution in [3.8, 4) is 0 Å². The number of hydrogen-bond acceptors (Lipinski definition) is 6. The number of nitrogens with zero attached hydrogens (tertiary/aromatic N) is 2. The normalized spacial score (nSPS) is 17.1. The number of para-hydroxylation sites is 1. The van der Waals surface area contributed by atoms with Crippen molar-refractivity contribution in [1.82, 2.24) is 15.2 Å². The maximum Gasteiger partial charge on any atom is 0.122 e. The minimum Gasteiger partial charge on any atom is -0.398 e. The summed E-state index contributed by atoms with van der Waals surface area (Å²) >= 11 is 1.70. The molecule has 0 fully saturated rings. The van der Waals surface area contributed by atoms with Crippen LogP contribution in [0.25, 0.3) is 4.91 Å². The van der Waals surface area contributed by atoms with Crippen LogP contribution >= 0.6 is 11.8 Å². The number of aryl methyl sites for hydroxylation is 1.